The summed E-state index contributed by atoms with van der Waals surface area (Å²) in [5.74, 6) is 0.965. The second-order valence-corrected chi connectivity index (χ2v) is 4.96. The third-order valence-electron chi connectivity index (χ3n) is 3.86. The van der Waals surface area contributed by atoms with Crippen LogP contribution in [0.3, 0.4) is 0 Å². The van der Waals surface area contributed by atoms with Crippen LogP contribution in [0, 0.1) is 12.3 Å². The van der Waals surface area contributed by atoms with E-state index in [1.807, 2.05) is 13.0 Å². The van der Waals surface area contributed by atoms with Gasteiger partial charge in [0.05, 0.1) is 0 Å². The van der Waals surface area contributed by atoms with Gasteiger partial charge >= 0.3 is 0 Å². The molecule has 3 heteroatoms. The predicted molar refractivity (Wildman–Crippen MR) is 66.5 cm³/mol. The first kappa shape index (κ1) is 11.4. The Hall–Kier alpha value is -1.12. The van der Waals surface area contributed by atoms with Crippen LogP contribution in [-0.2, 0) is 0 Å². The van der Waals surface area contributed by atoms with Crippen LogP contribution < -0.4 is 5.32 Å². The standard InChI is InChI=1S/C13H21N3/c1-3-13(6-4-5-7-13)9-14-12-8-11(2)15-10-16-12/h8,10H,3-7,9H2,1-2H3,(H,14,15,16). The van der Waals surface area contributed by atoms with Crippen molar-refractivity contribution in [1.29, 1.82) is 0 Å². The molecule has 1 saturated carbocycles. The lowest BCUT2D eigenvalue weighted by molar-refractivity contribution is 0.306. The molecule has 0 aliphatic heterocycles. The molecule has 1 aromatic rings. The lowest BCUT2D eigenvalue weighted by Crippen LogP contribution is -2.26. The van der Waals surface area contributed by atoms with Gasteiger partial charge in [-0.1, -0.05) is 19.8 Å². The van der Waals surface area contributed by atoms with Gasteiger partial charge in [-0.2, -0.15) is 0 Å². The number of hydrogen-bond acceptors (Lipinski definition) is 3. The highest BCUT2D eigenvalue weighted by Crippen LogP contribution is 2.40. The van der Waals surface area contributed by atoms with Gasteiger partial charge in [0.15, 0.2) is 0 Å². The number of aromatic nitrogens is 2. The number of nitrogens with one attached hydrogen (secondary N) is 1. The minimum absolute atomic E-state index is 0.513. The van der Waals surface area contributed by atoms with Crippen molar-refractivity contribution in [1.82, 2.24) is 9.97 Å². The summed E-state index contributed by atoms with van der Waals surface area (Å²) in [6.45, 7) is 5.36. The van der Waals surface area contributed by atoms with Crippen molar-refractivity contribution in [2.75, 3.05) is 11.9 Å². The number of anilines is 1. The van der Waals surface area contributed by atoms with E-state index < -0.39 is 0 Å². The maximum absolute atomic E-state index is 4.24. The van der Waals surface area contributed by atoms with Crippen LogP contribution in [0.4, 0.5) is 5.82 Å². The SMILES string of the molecule is CCC1(CNc2cc(C)ncn2)CCCC1. The molecule has 1 N–H and O–H groups in total. The third kappa shape index (κ3) is 2.52. The Morgan fingerprint density at radius 3 is 2.69 bits per heavy atom. The molecule has 2 rings (SSSR count). The van der Waals surface area contributed by atoms with Gasteiger partial charge in [-0.25, -0.2) is 9.97 Å². The van der Waals surface area contributed by atoms with Crippen molar-refractivity contribution >= 4 is 5.82 Å². The fourth-order valence-electron chi connectivity index (χ4n) is 2.61. The maximum Gasteiger partial charge on any atom is 0.129 e. The van der Waals surface area contributed by atoms with E-state index in [0.717, 1.165) is 18.1 Å². The summed E-state index contributed by atoms with van der Waals surface area (Å²) in [6, 6.07) is 2.01. The van der Waals surface area contributed by atoms with Crippen molar-refractivity contribution in [2.45, 2.75) is 46.0 Å². The van der Waals surface area contributed by atoms with Crippen molar-refractivity contribution < 1.29 is 0 Å². The van der Waals surface area contributed by atoms with E-state index in [0.29, 0.717) is 5.41 Å². The lowest BCUT2D eigenvalue weighted by Gasteiger charge is -2.27. The van der Waals surface area contributed by atoms with E-state index in [2.05, 4.69) is 22.2 Å². The molecule has 3 nitrogen and oxygen atoms in total. The average Bonchev–Trinajstić information content (AvgIpc) is 2.76. The zero-order chi connectivity index (χ0) is 11.4. The predicted octanol–water partition coefficient (Wildman–Crippen LogP) is 3.17. The molecule has 1 heterocycles. The van der Waals surface area contributed by atoms with Gasteiger partial charge in [-0.05, 0) is 31.6 Å². The largest absolute Gasteiger partial charge is 0.369 e. The zero-order valence-electron chi connectivity index (χ0n) is 10.3. The van der Waals surface area contributed by atoms with Crippen LogP contribution in [-0.4, -0.2) is 16.5 Å². The minimum atomic E-state index is 0.513. The van der Waals surface area contributed by atoms with E-state index in [9.17, 15) is 0 Å². The molecule has 0 saturated heterocycles. The molecule has 0 amide bonds. The summed E-state index contributed by atoms with van der Waals surface area (Å²) < 4.78 is 0. The van der Waals surface area contributed by atoms with Crippen LogP contribution in [0.2, 0.25) is 0 Å². The molecule has 0 atom stereocenters. The molecule has 1 aromatic heterocycles. The van der Waals surface area contributed by atoms with E-state index in [1.165, 1.54) is 32.1 Å². The summed E-state index contributed by atoms with van der Waals surface area (Å²) in [5.41, 5.74) is 1.54. The average molecular weight is 219 g/mol. The molecule has 1 aliphatic rings. The molecule has 0 radical (unpaired) electrons. The number of aryl methyl sites for hydroxylation is 1. The molecule has 1 fully saturated rings. The van der Waals surface area contributed by atoms with Crippen LogP contribution >= 0.6 is 0 Å². The lowest BCUT2D eigenvalue weighted by atomic mass is 9.83. The molecule has 16 heavy (non-hydrogen) atoms. The maximum atomic E-state index is 4.24. The number of hydrogen-bond donors (Lipinski definition) is 1. The Morgan fingerprint density at radius 1 is 1.31 bits per heavy atom. The molecular weight excluding hydrogens is 198 g/mol. The molecule has 88 valence electrons. The Balaban J connectivity index is 1.95. The minimum Gasteiger partial charge on any atom is -0.369 e. The summed E-state index contributed by atoms with van der Waals surface area (Å²) in [7, 11) is 0. The molecule has 0 aromatic carbocycles. The quantitative estimate of drug-likeness (QED) is 0.845. The fraction of sp³-hybridized carbons (Fsp3) is 0.692. The Bertz CT molecular complexity index is 343. The topological polar surface area (TPSA) is 37.8 Å². The van der Waals surface area contributed by atoms with Gasteiger partial charge in [0.25, 0.3) is 0 Å². The van der Waals surface area contributed by atoms with Gasteiger partial charge in [0.1, 0.15) is 12.1 Å². The van der Waals surface area contributed by atoms with Gasteiger partial charge in [0.2, 0.25) is 0 Å². The van der Waals surface area contributed by atoms with Gasteiger partial charge in [-0.3, -0.25) is 0 Å². The first-order valence-electron chi connectivity index (χ1n) is 6.27. The normalized spacial score (nSPS) is 18.6. The summed E-state index contributed by atoms with van der Waals surface area (Å²) in [6.07, 6.45) is 8.40. The Kier molecular flexibility index (Phi) is 3.42. The summed E-state index contributed by atoms with van der Waals surface area (Å²) in [5, 5.41) is 3.47. The van der Waals surface area contributed by atoms with E-state index in [-0.39, 0.29) is 0 Å². The molecule has 0 spiro atoms. The van der Waals surface area contributed by atoms with Crippen molar-refractivity contribution in [3.8, 4) is 0 Å². The number of nitrogens with zero attached hydrogens (tertiary/aromatic N) is 2. The second kappa shape index (κ2) is 4.81. The third-order valence-corrected chi connectivity index (χ3v) is 3.86. The molecular formula is C13H21N3. The smallest absolute Gasteiger partial charge is 0.129 e. The highest BCUT2D eigenvalue weighted by Gasteiger charge is 2.31. The van der Waals surface area contributed by atoms with Crippen LogP contribution in [0.25, 0.3) is 0 Å². The fourth-order valence-corrected chi connectivity index (χ4v) is 2.61. The van der Waals surface area contributed by atoms with Gasteiger partial charge in [-0.15, -0.1) is 0 Å². The van der Waals surface area contributed by atoms with E-state index in [1.54, 1.807) is 6.33 Å². The first-order chi connectivity index (χ1) is 7.74. The van der Waals surface area contributed by atoms with Gasteiger partial charge < -0.3 is 5.32 Å². The van der Waals surface area contributed by atoms with Crippen molar-refractivity contribution in [3.63, 3.8) is 0 Å². The van der Waals surface area contributed by atoms with Gasteiger partial charge in [0, 0.05) is 18.3 Å². The molecule has 1 aliphatic carbocycles. The summed E-state index contributed by atoms with van der Waals surface area (Å²) in [4.78, 5) is 8.35. The van der Waals surface area contributed by atoms with Crippen molar-refractivity contribution in [3.05, 3.63) is 18.1 Å². The van der Waals surface area contributed by atoms with Crippen LogP contribution in [0.15, 0.2) is 12.4 Å². The zero-order valence-corrected chi connectivity index (χ0v) is 10.3. The highest BCUT2D eigenvalue weighted by molar-refractivity contribution is 5.34. The molecule has 0 unspecified atom stereocenters. The monoisotopic (exact) mass is 219 g/mol. The highest BCUT2D eigenvalue weighted by atomic mass is 15.0. The van der Waals surface area contributed by atoms with Crippen LogP contribution in [0.1, 0.15) is 44.7 Å². The van der Waals surface area contributed by atoms with Crippen molar-refractivity contribution in [2.24, 2.45) is 5.41 Å². The van der Waals surface area contributed by atoms with E-state index in [4.69, 9.17) is 0 Å². The van der Waals surface area contributed by atoms with E-state index >= 15 is 0 Å². The summed E-state index contributed by atoms with van der Waals surface area (Å²) >= 11 is 0. The Labute approximate surface area is 97.7 Å². The second-order valence-electron chi connectivity index (χ2n) is 4.96. The Morgan fingerprint density at radius 2 is 2.06 bits per heavy atom. The van der Waals surface area contributed by atoms with Crippen LogP contribution in [0.5, 0.6) is 0 Å². The molecule has 0 bridgehead atoms. The first-order valence-corrected chi connectivity index (χ1v) is 6.27. The number of rotatable bonds is 4.